The number of nitrogens with two attached hydrogens (primary N) is 1. The van der Waals surface area contributed by atoms with Gasteiger partial charge in [0.2, 0.25) is 0 Å². The molecule has 0 saturated carbocycles. The molecule has 0 aliphatic carbocycles. The highest BCUT2D eigenvalue weighted by atomic mass is 79.9. The van der Waals surface area contributed by atoms with Crippen LogP contribution in [-0.2, 0) is 0 Å². The molecular formula is C13H11BrN2OS. The van der Waals surface area contributed by atoms with Crippen molar-refractivity contribution in [3.8, 4) is 11.8 Å². The third-order valence-electron chi connectivity index (χ3n) is 2.40. The normalized spacial score (nSPS) is 11.8. The Morgan fingerprint density at radius 2 is 2.22 bits per heavy atom. The number of halogens is 1. The van der Waals surface area contributed by atoms with Gasteiger partial charge in [-0.1, -0.05) is 12.1 Å². The first kappa shape index (κ1) is 13.1. The van der Waals surface area contributed by atoms with E-state index in [1.165, 1.54) is 0 Å². The van der Waals surface area contributed by atoms with Crippen LogP contribution in [-0.4, -0.2) is 6.54 Å². The Labute approximate surface area is 118 Å². The molecule has 0 amide bonds. The molecule has 0 spiro atoms. The van der Waals surface area contributed by atoms with E-state index in [2.05, 4.69) is 22.0 Å². The van der Waals surface area contributed by atoms with E-state index in [0.29, 0.717) is 17.9 Å². The molecule has 0 saturated heterocycles. The van der Waals surface area contributed by atoms with Crippen molar-refractivity contribution in [2.45, 2.75) is 6.10 Å². The first-order valence-corrected chi connectivity index (χ1v) is 7.01. The summed E-state index contributed by atoms with van der Waals surface area (Å²) in [7, 11) is 0. The monoisotopic (exact) mass is 322 g/mol. The second-order valence-corrected chi connectivity index (χ2v) is 5.48. The molecule has 2 aromatic rings. The Kier molecular flexibility index (Phi) is 4.37. The van der Waals surface area contributed by atoms with Gasteiger partial charge in [0.15, 0.2) is 0 Å². The van der Waals surface area contributed by atoms with Gasteiger partial charge in [0.1, 0.15) is 17.9 Å². The van der Waals surface area contributed by atoms with Crippen molar-refractivity contribution in [3.05, 3.63) is 50.6 Å². The van der Waals surface area contributed by atoms with Crippen molar-refractivity contribution < 1.29 is 4.74 Å². The number of ether oxygens (including phenoxy) is 1. The van der Waals surface area contributed by atoms with Gasteiger partial charge in [-0.15, -0.1) is 11.3 Å². The van der Waals surface area contributed by atoms with E-state index in [4.69, 9.17) is 15.7 Å². The Morgan fingerprint density at radius 3 is 2.83 bits per heavy atom. The van der Waals surface area contributed by atoms with Crippen molar-refractivity contribution in [3.63, 3.8) is 0 Å². The molecule has 0 radical (unpaired) electrons. The van der Waals surface area contributed by atoms with Crippen molar-refractivity contribution in [1.29, 1.82) is 5.26 Å². The summed E-state index contributed by atoms with van der Waals surface area (Å²) in [5.41, 5.74) is 6.26. The summed E-state index contributed by atoms with van der Waals surface area (Å²) < 4.78 is 6.84. The second-order valence-electron chi connectivity index (χ2n) is 3.62. The maximum atomic E-state index is 9.01. The molecule has 1 unspecified atom stereocenters. The average molecular weight is 323 g/mol. The van der Waals surface area contributed by atoms with Gasteiger partial charge >= 0.3 is 0 Å². The lowest BCUT2D eigenvalue weighted by molar-refractivity contribution is 0.217. The van der Waals surface area contributed by atoms with Gasteiger partial charge in [-0.25, -0.2) is 0 Å². The Balaban J connectivity index is 2.23. The van der Waals surface area contributed by atoms with Crippen molar-refractivity contribution in [2.24, 2.45) is 5.73 Å². The molecule has 1 aromatic carbocycles. The standard InChI is InChI=1S/C13H11BrN2OS/c14-10-5-13(18-8-10)12(7-16)17-11-4-2-1-3-9(11)6-15/h1-5,8,12H,7,16H2. The lowest BCUT2D eigenvalue weighted by atomic mass is 10.2. The summed E-state index contributed by atoms with van der Waals surface area (Å²) in [4.78, 5) is 1.04. The maximum Gasteiger partial charge on any atom is 0.145 e. The van der Waals surface area contributed by atoms with Crippen LogP contribution in [0.15, 0.2) is 40.2 Å². The molecule has 18 heavy (non-hydrogen) atoms. The average Bonchev–Trinajstić information content (AvgIpc) is 2.83. The van der Waals surface area contributed by atoms with Crippen molar-refractivity contribution in [2.75, 3.05) is 6.54 Å². The Hall–Kier alpha value is -1.35. The second kappa shape index (κ2) is 6.01. The SMILES string of the molecule is N#Cc1ccccc1OC(CN)c1cc(Br)cs1. The number of nitriles is 1. The number of hydrogen-bond donors (Lipinski definition) is 1. The maximum absolute atomic E-state index is 9.01. The molecule has 0 aliphatic rings. The van der Waals surface area contributed by atoms with E-state index in [9.17, 15) is 0 Å². The lowest BCUT2D eigenvalue weighted by Crippen LogP contribution is -2.17. The van der Waals surface area contributed by atoms with Crippen LogP contribution in [0, 0.1) is 11.3 Å². The fourth-order valence-electron chi connectivity index (χ4n) is 1.53. The number of hydrogen-bond acceptors (Lipinski definition) is 4. The highest BCUT2D eigenvalue weighted by molar-refractivity contribution is 9.10. The number of rotatable bonds is 4. The highest BCUT2D eigenvalue weighted by Gasteiger charge is 2.15. The third kappa shape index (κ3) is 2.91. The Morgan fingerprint density at radius 1 is 1.44 bits per heavy atom. The fraction of sp³-hybridized carbons (Fsp3) is 0.154. The fourth-order valence-corrected chi connectivity index (χ4v) is 3.02. The van der Waals surface area contributed by atoms with Crippen LogP contribution >= 0.6 is 27.3 Å². The first-order valence-electron chi connectivity index (χ1n) is 5.34. The molecule has 1 atom stereocenters. The smallest absolute Gasteiger partial charge is 0.145 e. The molecule has 5 heteroatoms. The summed E-state index contributed by atoms with van der Waals surface area (Å²) in [5, 5.41) is 11.0. The van der Waals surface area contributed by atoms with Crippen LogP contribution in [0.3, 0.4) is 0 Å². The van der Waals surface area contributed by atoms with Gasteiger partial charge in [-0.3, -0.25) is 0 Å². The molecule has 1 heterocycles. The van der Waals surface area contributed by atoms with Crippen molar-refractivity contribution in [1.82, 2.24) is 0 Å². The molecule has 0 aliphatic heterocycles. The Bertz CT molecular complexity index is 576. The van der Waals surface area contributed by atoms with Crippen LogP contribution in [0.4, 0.5) is 0 Å². The van der Waals surface area contributed by atoms with E-state index in [0.717, 1.165) is 9.35 Å². The van der Waals surface area contributed by atoms with E-state index >= 15 is 0 Å². The van der Waals surface area contributed by atoms with E-state index in [1.54, 1.807) is 23.5 Å². The van der Waals surface area contributed by atoms with Crippen LogP contribution < -0.4 is 10.5 Å². The number of thiophene rings is 1. The van der Waals surface area contributed by atoms with Crippen LogP contribution in [0.1, 0.15) is 16.5 Å². The van der Waals surface area contributed by atoms with Gasteiger partial charge in [0.05, 0.1) is 5.56 Å². The van der Waals surface area contributed by atoms with Crippen LogP contribution in [0.25, 0.3) is 0 Å². The zero-order valence-corrected chi connectivity index (χ0v) is 11.9. The minimum atomic E-state index is -0.226. The molecule has 2 rings (SSSR count). The van der Waals surface area contributed by atoms with E-state index < -0.39 is 0 Å². The quantitative estimate of drug-likeness (QED) is 0.937. The van der Waals surface area contributed by atoms with Crippen molar-refractivity contribution >= 4 is 27.3 Å². The highest BCUT2D eigenvalue weighted by Crippen LogP contribution is 2.30. The summed E-state index contributed by atoms with van der Waals surface area (Å²) in [6.45, 7) is 0.368. The number of nitrogens with zero attached hydrogens (tertiary/aromatic N) is 1. The summed E-state index contributed by atoms with van der Waals surface area (Å²) in [5.74, 6) is 0.569. The molecule has 92 valence electrons. The molecule has 0 bridgehead atoms. The van der Waals surface area contributed by atoms with Crippen LogP contribution in [0.2, 0.25) is 0 Å². The predicted octanol–water partition coefficient (Wildman–Crippen LogP) is 3.46. The van der Waals surface area contributed by atoms with Crippen LogP contribution in [0.5, 0.6) is 5.75 Å². The largest absolute Gasteiger partial charge is 0.482 e. The zero-order chi connectivity index (χ0) is 13.0. The molecule has 1 aromatic heterocycles. The van der Waals surface area contributed by atoms with Gasteiger partial charge in [0.25, 0.3) is 0 Å². The molecule has 2 N–H and O–H groups in total. The van der Waals surface area contributed by atoms with E-state index in [1.807, 2.05) is 23.6 Å². The molecule has 3 nitrogen and oxygen atoms in total. The molecule has 0 fully saturated rings. The van der Waals surface area contributed by atoms with Gasteiger partial charge in [-0.05, 0) is 34.1 Å². The first-order chi connectivity index (χ1) is 8.74. The minimum absolute atomic E-state index is 0.226. The van der Waals surface area contributed by atoms with E-state index in [-0.39, 0.29) is 6.10 Å². The third-order valence-corrected chi connectivity index (χ3v) is 4.18. The lowest BCUT2D eigenvalue weighted by Gasteiger charge is -2.16. The molecular weight excluding hydrogens is 312 g/mol. The topological polar surface area (TPSA) is 59.0 Å². The van der Waals surface area contributed by atoms with Gasteiger partial charge in [0, 0.05) is 21.3 Å². The number of benzene rings is 1. The number of para-hydroxylation sites is 1. The summed E-state index contributed by atoms with van der Waals surface area (Å²) in [6, 6.07) is 11.3. The predicted molar refractivity (Wildman–Crippen MR) is 75.6 cm³/mol. The summed E-state index contributed by atoms with van der Waals surface area (Å²) in [6.07, 6.45) is -0.226. The zero-order valence-electron chi connectivity index (χ0n) is 9.47. The summed E-state index contributed by atoms with van der Waals surface area (Å²) >= 11 is 4.99. The minimum Gasteiger partial charge on any atom is -0.482 e. The van der Waals surface area contributed by atoms with Gasteiger partial charge < -0.3 is 10.5 Å². The van der Waals surface area contributed by atoms with Gasteiger partial charge in [-0.2, -0.15) is 5.26 Å².